The summed E-state index contributed by atoms with van der Waals surface area (Å²) in [5.74, 6) is -1.31. The highest BCUT2D eigenvalue weighted by Gasteiger charge is 2.36. The van der Waals surface area contributed by atoms with Crippen molar-refractivity contribution in [3.8, 4) is 0 Å². The quantitative estimate of drug-likeness (QED) is 0.710. The zero-order valence-corrected chi connectivity index (χ0v) is 9.22. The third-order valence-corrected chi connectivity index (χ3v) is 2.86. The Labute approximate surface area is 98.6 Å². The van der Waals surface area contributed by atoms with Gasteiger partial charge in [0.25, 0.3) is 5.91 Å². The summed E-state index contributed by atoms with van der Waals surface area (Å²) in [4.78, 5) is 22.3. The number of carboxylic acids is 1. The van der Waals surface area contributed by atoms with Crippen LogP contribution in [-0.4, -0.2) is 23.0 Å². The average molecular weight is 234 g/mol. The Balaban J connectivity index is 2.22. The molecule has 90 valence electrons. The Morgan fingerprint density at radius 3 is 2.53 bits per heavy atom. The Kier molecular flexibility index (Phi) is 2.99. The van der Waals surface area contributed by atoms with Gasteiger partial charge in [0.1, 0.15) is 6.04 Å². The molecular weight excluding hydrogens is 220 g/mol. The van der Waals surface area contributed by atoms with Gasteiger partial charge in [0.2, 0.25) is 0 Å². The fourth-order valence-electron chi connectivity index (χ4n) is 1.80. The molecule has 0 aliphatic heterocycles. The fraction of sp³-hybridized carbons (Fsp3) is 0.333. The number of amides is 1. The standard InChI is InChI=1S/C12H14N2O3/c13-11(15)8-3-1-2-4-9(8)14-10(12(16)17)7-5-6-7/h1-4,7,10,14H,5-6H2,(H2,13,15)(H,16,17). The molecule has 17 heavy (non-hydrogen) atoms. The summed E-state index contributed by atoms with van der Waals surface area (Å²) in [5, 5.41) is 12.0. The van der Waals surface area contributed by atoms with Crippen molar-refractivity contribution < 1.29 is 14.7 Å². The summed E-state index contributed by atoms with van der Waals surface area (Å²) in [6.07, 6.45) is 1.81. The lowest BCUT2D eigenvalue weighted by Crippen LogP contribution is -2.32. The molecule has 0 aromatic heterocycles. The molecule has 1 fully saturated rings. The van der Waals surface area contributed by atoms with E-state index in [2.05, 4.69) is 5.32 Å². The van der Waals surface area contributed by atoms with E-state index in [9.17, 15) is 9.59 Å². The number of para-hydroxylation sites is 1. The van der Waals surface area contributed by atoms with E-state index in [1.807, 2.05) is 0 Å². The molecule has 1 aromatic carbocycles. The first-order valence-electron chi connectivity index (χ1n) is 5.48. The molecule has 1 amide bonds. The number of primary amides is 1. The number of rotatable bonds is 5. The normalized spacial score (nSPS) is 16.2. The third-order valence-electron chi connectivity index (χ3n) is 2.86. The number of nitrogens with two attached hydrogens (primary N) is 1. The van der Waals surface area contributed by atoms with E-state index in [0.717, 1.165) is 12.8 Å². The maximum atomic E-state index is 11.2. The second-order valence-electron chi connectivity index (χ2n) is 4.21. The largest absolute Gasteiger partial charge is 0.480 e. The predicted octanol–water partition coefficient (Wildman–Crippen LogP) is 1.06. The number of benzene rings is 1. The predicted molar refractivity (Wildman–Crippen MR) is 62.7 cm³/mol. The van der Waals surface area contributed by atoms with Crippen molar-refractivity contribution in [2.75, 3.05) is 5.32 Å². The Bertz CT molecular complexity index is 455. The highest BCUT2D eigenvalue weighted by atomic mass is 16.4. The first-order chi connectivity index (χ1) is 8.09. The minimum atomic E-state index is -0.897. The van der Waals surface area contributed by atoms with Gasteiger partial charge < -0.3 is 16.2 Å². The van der Waals surface area contributed by atoms with Gasteiger partial charge in [-0.2, -0.15) is 0 Å². The lowest BCUT2D eigenvalue weighted by molar-refractivity contribution is -0.138. The second-order valence-corrected chi connectivity index (χ2v) is 4.21. The van der Waals surface area contributed by atoms with E-state index in [4.69, 9.17) is 10.8 Å². The molecular formula is C12H14N2O3. The third kappa shape index (κ3) is 2.55. The van der Waals surface area contributed by atoms with Crippen molar-refractivity contribution in [2.45, 2.75) is 18.9 Å². The maximum absolute atomic E-state index is 11.2. The summed E-state index contributed by atoms with van der Waals surface area (Å²) in [5.41, 5.74) is 6.04. The SMILES string of the molecule is NC(=O)c1ccccc1NC(C(=O)O)C1CC1. The Morgan fingerprint density at radius 2 is 2.00 bits per heavy atom. The summed E-state index contributed by atoms with van der Waals surface area (Å²) >= 11 is 0. The lowest BCUT2D eigenvalue weighted by atomic mass is 10.1. The first kappa shape index (κ1) is 11.4. The summed E-state index contributed by atoms with van der Waals surface area (Å²) < 4.78 is 0. The molecule has 2 rings (SSSR count). The van der Waals surface area contributed by atoms with Gasteiger partial charge in [-0.25, -0.2) is 4.79 Å². The number of hydrogen-bond donors (Lipinski definition) is 3. The Hall–Kier alpha value is -2.04. The van der Waals surface area contributed by atoms with Crippen LogP contribution in [0.15, 0.2) is 24.3 Å². The van der Waals surface area contributed by atoms with Gasteiger partial charge in [0.15, 0.2) is 0 Å². The molecule has 0 saturated heterocycles. The van der Waals surface area contributed by atoms with Gasteiger partial charge in [-0.05, 0) is 30.9 Å². The highest BCUT2D eigenvalue weighted by molar-refractivity contribution is 5.99. The zero-order chi connectivity index (χ0) is 12.4. The summed E-state index contributed by atoms with van der Waals surface area (Å²) in [7, 11) is 0. The molecule has 0 bridgehead atoms. The van der Waals surface area contributed by atoms with Crippen LogP contribution in [0.2, 0.25) is 0 Å². The molecule has 5 heteroatoms. The molecule has 1 unspecified atom stereocenters. The van der Waals surface area contributed by atoms with Crippen LogP contribution in [0.3, 0.4) is 0 Å². The van der Waals surface area contributed by atoms with E-state index in [0.29, 0.717) is 11.3 Å². The zero-order valence-electron chi connectivity index (χ0n) is 9.22. The van der Waals surface area contributed by atoms with Crippen LogP contribution in [-0.2, 0) is 4.79 Å². The van der Waals surface area contributed by atoms with Crippen LogP contribution in [0, 0.1) is 5.92 Å². The van der Waals surface area contributed by atoms with Crippen LogP contribution >= 0.6 is 0 Å². The number of nitrogens with one attached hydrogen (secondary N) is 1. The second kappa shape index (κ2) is 4.45. The number of carbonyl (C=O) groups is 2. The number of anilines is 1. The minimum Gasteiger partial charge on any atom is -0.480 e. The minimum absolute atomic E-state index is 0.147. The van der Waals surface area contributed by atoms with E-state index in [1.54, 1.807) is 24.3 Å². The molecule has 1 saturated carbocycles. The van der Waals surface area contributed by atoms with Gasteiger partial charge in [-0.1, -0.05) is 12.1 Å². The molecule has 1 aromatic rings. The van der Waals surface area contributed by atoms with Crippen molar-refractivity contribution in [1.29, 1.82) is 0 Å². The van der Waals surface area contributed by atoms with E-state index < -0.39 is 17.9 Å². The van der Waals surface area contributed by atoms with Crippen molar-refractivity contribution in [2.24, 2.45) is 11.7 Å². The number of aliphatic carboxylic acids is 1. The fourth-order valence-corrected chi connectivity index (χ4v) is 1.80. The molecule has 5 nitrogen and oxygen atoms in total. The van der Waals surface area contributed by atoms with Crippen LogP contribution < -0.4 is 11.1 Å². The van der Waals surface area contributed by atoms with Gasteiger partial charge in [0, 0.05) is 5.69 Å². The average Bonchev–Trinajstić information content (AvgIpc) is 3.09. The van der Waals surface area contributed by atoms with Gasteiger partial charge in [0.05, 0.1) is 5.56 Å². The number of carbonyl (C=O) groups excluding carboxylic acids is 1. The molecule has 1 aliphatic carbocycles. The molecule has 0 spiro atoms. The molecule has 1 aliphatic rings. The lowest BCUT2D eigenvalue weighted by Gasteiger charge is -2.16. The van der Waals surface area contributed by atoms with E-state index in [1.165, 1.54) is 0 Å². The van der Waals surface area contributed by atoms with Crippen LogP contribution in [0.1, 0.15) is 23.2 Å². The van der Waals surface area contributed by atoms with Crippen molar-refractivity contribution in [1.82, 2.24) is 0 Å². The van der Waals surface area contributed by atoms with Crippen LogP contribution in [0.25, 0.3) is 0 Å². The highest BCUT2D eigenvalue weighted by Crippen LogP contribution is 2.34. The van der Waals surface area contributed by atoms with Crippen LogP contribution in [0.5, 0.6) is 0 Å². The monoisotopic (exact) mass is 234 g/mol. The smallest absolute Gasteiger partial charge is 0.326 e. The van der Waals surface area contributed by atoms with Crippen molar-refractivity contribution >= 4 is 17.6 Å². The molecule has 0 radical (unpaired) electrons. The first-order valence-corrected chi connectivity index (χ1v) is 5.48. The molecule has 0 heterocycles. The van der Waals surface area contributed by atoms with Gasteiger partial charge in [-0.3, -0.25) is 4.79 Å². The summed E-state index contributed by atoms with van der Waals surface area (Å²) in [6, 6.07) is 6.03. The van der Waals surface area contributed by atoms with Gasteiger partial charge >= 0.3 is 5.97 Å². The molecule has 1 atom stereocenters. The topological polar surface area (TPSA) is 92.4 Å². The molecule has 4 N–H and O–H groups in total. The van der Waals surface area contributed by atoms with E-state index in [-0.39, 0.29) is 5.92 Å². The van der Waals surface area contributed by atoms with E-state index >= 15 is 0 Å². The van der Waals surface area contributed by atoms with Gasteiger partial charge in [-0.15, -0.1) is 0 Å². The number of hydrogen-bond acceptors (Lipinski definition) is 3. The number of carboxylic acid groups (broad SMARTS) is 1. The Morgan fingerprint density at radius 1 is 1.35 bits per heavy atom. The van der Waals surface area contributed by atoms with Crippen LogP contribution in [0.4, 0.5) is 5.69 Å². The maximum Gasteiger partial charge on any atom is 0.326 e. The summed E-state index contributed by atoms with van der Waals surface area (Å²) in [6.45, 7) is 0. The van der Waals surface area contributed by atoms with Crippen molar-refractivity contribution in [3.05, 3.63) is 29.8 Å². The van der Waals surface area contributed by atoms with Crippen molar-refractivity contribution in [3.63, 3.8) is 0 Å².